The maximum absolute atomic E-state index is 13.3. The summed E-state index contributed by atoms with van der Waals surface area (Å²) in [5.74, 6) is -2.02. The van der Waals surface area contributed by atoms with E-state index in [1.807, 2.05) is 0 Å². The molecule has 0 spiro atoms. The number of carbonyl (C=O) groups excluding carboxylic acids is 1. The molecule has 100 valence electrons. The second-order valence-corrected chi connectivity index (χ2v) is 3.63. The number of esters is 1. The van der Waals surface area contributed by atoms with Crippen molar-refractivity contribution < 1.29 is 22.7 Å². The Morgan fingerprint density at radius 3 is 2.72 bits per heavy atom. The third-order valence-corrected chi connectivity index (χ3v) is 2.49. The highest BCUT2D eigenvalue weighted by molar-refractivity contribution is 6.17. The van der Waals surface area contributed by atoms with E-state index in [-0.39, 0.29) is 17.9 Å². The molecule has 1 aromatic rings. The minimum absolute atomic E-state index is 0.131. The van der Waals surface area contributed by atoms with Gasteiger partial charge in [0, 0.05) is 11.1 Å². The average Bonchev–Trinajstić information content (AvgIpc) is 2.30. The Morgan fingerprint density at radius 2 is 2.22 bits per heavy atom. The van der Waals surface area contributed by atoms with Crippen molar-refractivity contribution in [2.45, 2.75) is 25.7 Å². The number of carbonyl (C=O) groups is 1. The first-order valence-corrected chi connectivity index (χ1v) is 5.70. The summed E-state index contributed by atoms with van der Waals surface area (Å²) >= 11 is 5.43. The number of hydrogen-bond acceptors (Lipinski definition) is 3. The average molecular weight is 282 g/mol. The van der Waals surface area contributed by atoms with Crippen molar-refractivity contribution in [3.8, 4) is 0 Å². The van der Waals surface area contributed by atoms with Gasteiger partial charge in [-0.25, -0.2) is 13.2 Å². The van der Waals surface area contributed by atoms with Crippen molar-refractivity contribution in [3.63, 3.8) is 0 Å². The quantitative estimate of drug-likeness (QED) is 0.615. The minimum atomic E-state index is -2.95. The number of alkyl halides is 3. The summed E-state index contributed by atoms with van der Waals surface area (Å²) in [6.45, 7) is 1.72. The molecule has 0 saturated heterocycles. The van der Waals surface area contributed by atoms with Crippen molar-refractivity contribution in [2.75, 3.05) is 6.61 Å². The van der Waals surface area contributed by atoms with Crippen molar-refractivity contribution in [3.05, 3.63) is 28.8 Å². The van der Waals surface area contributed by atoms with Gasteiger partial charge >= 0.3 is 5.97 Å². The Labute approximate surface area is 107 Å². The molecular formula is C11H11ClF3NO2. The smallest absolute Gasteiger partial charge is 0.311 e. The normalized spacial score (nSPS) is 10.8. The van der Waals surface area contributed by atoms with Crippen LogP contribution in [0.15, 0.2) is 6.20 Å². The van der Waals surface area contributed by atoms with Gasteiger partial charge in [-0.05, 0) is 6.92 Å². The first-order chi connectivity index (χ1) is 8.51. The maximum Gasteiger partial charge on any atom is 0.311 e. The number of pyridine rings is 1. The van der Waals surface area contributed by atoms with E-state index in [0.717, 1.165) is 6.20 Å². The fourth-order valence-electron chi connectivity index (χ4n) is 1.47. The SMILES string of the molecule is CCOC(=O)Cc1ncc(F)c(CCl)c1C(F)F. The molecule has 0 radical (unpaired) electrons. The van der Waals surface area contributed by atoms with E-state index in [1.54, 1.807) is 6.92 Å². The van der Waals surface area contributed by atoms with Gasteiger partial charge in [-0.3, -0.25) is 9.78 Å². The molecule has 1 rings (SSSR count). The molecule has 1 aromatic heterocycles. The zero-order valence-electron chi connectivity index (χ0n) is 9.55. The molecule has 3 nitrogen and oxygen atoms in total. The van der Waals surface area contributed by atoms with Crippen LogP contribution in [0.5, 0.6) is 0 Å². The molecule has 0 amide bonds. The van der Waals surface area contributed by atoms with Crippen LogP contribution in [-0.2, 0) is 21.8 Å². The molecule has 0 fully saturated rings. The summed E-state index contributed by atoms with van der Waals surface area (Å²) in [5.41, 5.74) is -1.17. The summed E-state index contributed by atoms with van der Waals surface area (Å²) in [6, 6.07) is 0. The molecule has 0 aliphatic rings. The standard InChI is InChI=1S/C11H11ClF3NO2/c1-2-18-9(17)3-8-10(11(14)15)6(4-12)7(13)5-16-8/h5,11H,2-4H2,1H3. The van der Waals surface area contributed by atoms with Crippen LogP contribution in [0.4, 0.5) is 13.2 Å². The lowest BCUT2D eigenvalue weighted by Gasteiger charge is -2.12. The number of nitrogens with zero attached hydrogens (tertiary/aromatic N) is 1. The van der Waals surface area contributed by atoms with E-state index in [2.05, 4.69) is 9.72 Å². The monoisotopic (exact) mass is 281 g/mol. The highest BCUT2D eigenvalue weighted by Gasteiger charge is 2.23. The molecule has 18 heavy (non-hydrogen) atoms. The van der Waals surface area contributed by atoms with Crippen molar-refractivity contribution in [1.82, 2.24) is 4.98 Å². The number of ether oxygens (including phenoxy) is 1. The molecule has 1 heterocycles. The summed E-state index contributed by atoms with van der Waals surface area (Å²) in [4.78, 5) is 14.8. The predicted molar refractivity (Wildman–Crippen MR) is 59.0 cm³/mol. The van der Waals surface area contributed by atoms with E-state index in [9.17, 15) is 18.0 Å². The largest absolute Gasteiger partial charge is 0.466 e. The third-order valence-electron chi connectivity index (χ3n) is 2.23. The lowest BCUT2D eigenvalue weighted by molar-refractivity contribution is -0.142. The highest BCUT2D eigenvalue weighted by Crippen LogP contribution is 2.29. The topological polar surface area (TPSA) is 39.2 Å². The van der Waals surface area contributed by atoms with Crippen LogP contribution in [0.3, 0.4) is 0 Å². The predicted octanol–water partition coefficient (Wildman–Crippen LogP) is 3.00. The van der Waals surface area contributed by atoms with Gasteiger partial charge in [0.2, 0.25) is 0 Å². The van der Waals surface area contributed by atoms with Gasteiger partial charge < -0.3 is 4.74 Å². The number of halogens is 4. The molecule has 0 unspecified atom stereocenters. The fraction of sp³-hybridized carbons (Fsp3) is 0.455. The van der Waals surface area contributed by atoms with Crippen molar-refractivity contribution in [2.24, 2.45) is 0 Å². The minimum Gasteiger partial charge on any atom is -0.466 e. The van der Waals surface area contributed by atoms with Crippen LogP contribution in [0, 0.1) is 5.82 Å². The Morgan fingerprint density at radius 1 is 1.56 bits per heavy atom. The van der Waals surface area contributed by atoms with Crippen LogP contribution >= 0.6 is 11.6 Å². The Balaban J connectivity index is 3.15. The second kappa shape index (κ2) is 6.58. The summed E-state index contributed by atoms with van der Waals surface area (Å²) in [7, 11) is 0. The molecule has 0 aromatic carbocycles. The van der Waals surface area contributed by atoms with E-state index in [1.165, 1.54) is 0 Å². The first-order valence-electron chi connectivity index (χ1n) is 5.17. The maximum atomic E-state index is 13.3. The Hall–Kier alpha value is -1.30. The summed E-state index contributed by atoms with van der Waals surface area (Å²) in [5, 5.41) is 0. The van der Waals surface area contributed by atoms with E-state index >= 15 is 0 Å². The number of rotatable bonds is 5. The van der Waals surface area contributed by atoms with Crippen LogP contribution in [0.1, 0.15) is 30.2 Å². The van der Waals surface area contributed by atoms with E-state index in [4.69, 9.17) is 11.6 Å². The van der Waals surface area contributed by atoms with Gasteiger partial charge in [-0.15, -0.1) is 11.6 Å². The van der Waals surface area contributed by atoms with Crippen LogP contribution in [-0.4, -0.2) is 17.6 Å². The van der Waals surface area contributed by atoms with E-state index < -0.39 is 36.1 Å². The zero-order chi connectivity index (χ0) is 13.7. The van der Waals surface area contributed by atoms with Crippen LogP contribution in [0.2, 0.25) is 0 Å². The second-order valence-electron chi connectivity index (χ2n) is 3.36. The molecule has 7 heteroatoms. The van der Waals surface area contributed by atoms with Crippen LogP contribution in [0.25, 0.3) is 0 Å². The molecular weight excluding hydrogens is 271 g/mol. The zero-order valence-corrected chi connectivity index (χ0v) is 10.3. The molecule has 0 bridgehead atoms. The molecule has 0 aliphatic heterocycles. The molecule has 0 aliphatic carbocycles. The van der Waals surface area contributed by atoms with Crippen LogP contribution < -0.4 is 0 Å². The van der Waals surface area contributed by atoms with Gasteiger partial charge in [-0.1, -0.05) is 0 Å². The Kier molecular flexibility index (Phi) is 5.40. The highest BCUT2D eigenvalue weighted by atomic mass is 35.5. The molecule has 0 atom stereocenters. The van der Waals surface area contributed by atoms with Gasteiger partial charge in [0.15, 0.2) is 0 Å². The summed E-state index contributed by atoms with van der Waals surface area (Å²) in [6.07, 6.45) is -2.61. The lowest BCUT2D eigenvalue weighted by Crippen LogP contribution is -2.13. The van der Waals surface area contributed by atoms with Gasteiger partial charge in [-0.2, -0.15) is 0 Å². The molecule has 0 saturated carbocycles. The number of hydrogen-bond donors (Lipinski definition) is 0. The third kappa shape index (κ3) is 3.35. The summed E-state index contributed by atoms with van der Waals surface area (Å²) < 4.78 is 43.7. The first kappa shape index (κ1) is 14.8. The Bertz CT molecular complexity index is 441. The number of aromatic nitrogens is 1. The van der Waals surface area contributed by atoms with Crippen molar-refractivity contribution >= 4 is 17.6 Å². The molecule has 0 N–H and O–H groups in total. The van der Waals surface area contributed by atoms with Crippen molar-refractivity contribution in [1.29, 1.82) is 0 Å². The van der Waals surface area contributed by atoms with E-state index in [0.29, 0.717) is 0 Å². The fourth-order valence-corrected chi connectivity index (χ4v) is 1.74. The van der Waals surface area contributed by atoms with Gasteiger partial charge in [0.25, 0.3) is 6.43 Å². The van der Waals surface area contributed by atoms with Gasteiger partial charge in [0.1, 0.15) is 5.82 Å². The van der Waals surface area contributed by atoms with Gasteiger partial charge in [0.05, 0.1) is 30.8 Å². The lowest BCUT2D eigenvalue weighted by atomic mass is 10.1.